The summed E-state index contributed by atoms with van der Waals surface area (Å²) in [7, 11) is 0. The predicted molar refractivity (Wildman–Crippen MR) is 114 cm³/mol. The first kappa shape index (κ1) is 21.1. The summed E-state index contributed by atoms with van der Waals surface area (Å²) >= 11 is 7.94. The lowest BCUT2D eigenvalue weighted by molar-refractivity contribution is -0.119. The summed E-state index contributed by atoms with van der Waals surface area (Å²) in [6.45, 7) is 7.38. The van der Waals surface area contributed by atoms with E-state index in [1.807, 2.05) is 26.8 Å². The zero-order chi connectivity index (χ0) is 21.6. The molecule has 4 rings (SSSR count). The number of hydrogen-bond donors (Lipinski definition) is 1. The summed E-state index contributed by atoms with van der Waals surface area (Å²) in [6.07, 6.45) is 1.23. The number of carbonyl (C=O) groups excluding carboxylic acids is 1. The molecule has 1 aromatic carbocycles. The first-order valence-corrected chi connectivity index (χ1v) is 11.1. The van der Waals surface area contributed by atoms with Crippen LogP contribution in [0, 0.1) is 5.82 Å². The monoisotopic (exact) mass is 451 g/mol. The van der Waals surface area contributed by atoms with Crippen LogP contribution in [0.3, 0.4) is 0 Å². The van der Waals surface area contributed by atoms with Crippen LogP contribution in [0.25, 0.3) is 10.2 Å². The molecule has 160 valence electrons. The van der Waals surface area contributed by atoms with Gasteiger partial charge in [-0.2, -0.15) is 0 Å². The van der Waals surface area contributed by atoms with Crippen molar-refractivity contribution in [3.05, 3.63) is 39.4 Å². The fourth-order valence-corrected chi connectivity index (χ4v) is 4.83. The molecule has 0 bridgehead atoms. The van der Waals surface area contributed by atoms with Crippen molar-refractivity contribution >= 4 is 39.1 Å². The smallest absolute Gasteiger partial charge is 0.217 e. The lowest BCUT2D eigenvalue weighted by atomic mass is 9.80. The van der Waals surface area contributed by atoms with Crippen LogP contribution in [0.15, 0.2) is 16.7 Å². The molecule has 1 atom stereocenters. The zero-order valence-electron chi connectivity index (χ0n) is 17.2. The number of nitrogens with one attached hydrogen (secondary N) is 1. The Kier molecular flexibility index (Phi) is 5.72. The molecule has 0 saturated heterocycles. The maximum Gasteiger partial charge on any atom is 0.217 e. The van der Waals surface area contributed by atoms with Crippen LogP contribution in [0.5, 0.6) is 5.75 Å². The number of nitrogens with zero attached hydrogens (tertiary/aromatic N) is 2. The Morgan fingerprint density at radius 3 is 2.77 bits per heavy atom. The SMILES string of the molecule is CC(=O)N[C@@H](C)c1cc(C2CC(Oc3c(F)cc4nc(C(C)C)sc4c3Cl)C2)no1. The van der Waals surface area contributed by atoms with Crippen LogP contribution in [0.2, 0.25) is 5.02 Å². The van der Waals surface area contributed by atoms with Crippen LogP contribution in [-0.2, 0) is 4.79 Å². The summed E-state index contributed by atoms with van der Waals surface area (Å²) in [6, 6.07) is 3.00. The summed E-state index contributed by atoms with van der Waals surface area (Å²) in [5, 5.41) is 8.08. The van der Waals surface area contributed by atoms with Gasteiger partial charge in [-0.05, 0) is 19.8 Å². The van der Waals surface area contributed by atoms with E-state index in [2.05, 4.69) is 15.5 Å². The predicted octanol–water partition coefficient (Wildman–Crippen LogP) is 5.72. The highest BCUT2D eigenvalue weighted by Gasteiger charge is 2.36. The van der Waals surface area contributed by atoms with E-state index in [1.54, 1.807) is 0 Å². The lowest BCUT2D eigenvalue weighted by Crippen LogP contribution is -2.32. The summed E-state index contributed by atoms with van der Waals surface area (Å²) < 4.78 is 26.6. The second-order valence-corrected chi connectivity index (χ2v) is 9.45. The van der Waals surface area contributed by atoms with Gasteiger partial charge in [-0.3, -0.25) is 4.79 Å². The molecule has 0 spiro atoms. The van der Waals surface area contributed by atoms with E-state index in [0.717, 1.165) is 15.4 Å². The highest BCUT2D eigenvalue weighted by molar-refractivity contribution is 7.19. The van der Waals surface area contributed by atoms with Crippen LogP contribution < -0.4 is 10.1 Å². The number of fused-ring (bicyclic) bond motifs is 1. The van der Waals surface area contributed by atoms with Crippen molar-refractivity contribution in [3.8, 4) is 5.75 Å². The fraction of sp³-hybridized carbons (Fsp3) is 0.476. The van der Waals surface area contributed by atoms with Crippen molar-refractivity contribution in [2.45, 2.75) is 64.5 Å². The number of benzene rings is 1. The van der Waals surface area contributed by atoms with Gasteiger partial charge in [0.25, 0.3) is 0 Å². The van der Waals surface area contributed by atoms with Crippen molar-refractivity contribution in [2.75, 3.05) is 0 Å². The van der Waals surface area contributed by atoms with Crippen LogP contribution >= 0.6 is 22.9 Å². The molecule has 0 aliphatic heterocycles. The van der Waals surface area contributed by atoms with Gasteiger partial charge in [0, 0.05) is 30.9 Å². The third kappa shape index (κ3) is 4.03. The van der Waals surface area contributed by atoms with Gasteiger partial charge < -0.3 is 14.6 Å². The van der Waals surface area contributed by atoms with Gasteiger partial charge in [-0.25, -0.2) is 9.37 Å². The number of hydrogen-bond acceptors (Lipinski definition) is 6. The van der Waals surface area contributed by atoms with Gasteiger partial charge >= 0.3 is 0 Å². The van der Waals surface area contributed by atoms with Crippen molar-refractivity contribution in [1.29, 1.82) is 0 Å². The van der Waals surface area contributed by atoms with Crippen LogP contribution in [0.1, 0.15) is 74.9 Å². The molecule has 30 heavy (non-hydrogen) atoms. The molecule has 1 fully saturated rings. The molecule has 1 amide bonds. The number of amides is 1. The standard InChI is InChI=1S/C21H23ClFN3O3S/c1-9(2)21-25-16-7-14(23)19(18(22)20(16)30-21)28-13-5-12(6-13)15-8-17(29-26-15)10(3)24-11(4)27/h7-10,12-13H,5-6H2,1-4H3,(H,24,27)/t10-,12?,13?/m0/s1. The Morgan fingerprint density at radius 1 is 1.37 bits per heavy atom. The van der Waals surface area contributed by atoms with E-state index in [9.17, 15) is 9.18 Å². The molecule has 1 aliphatic rings. The van der Waals surface area contributed by atoms with E-state index in [0.29, 0.717) is 24.1 Å². The maximum absolute atomic E-state index is 14.6. The van der Waals surface area contributed by atoms with Gasteiger partial charge in [-0.1, -0.05) is 30.6 Å². The van der Waals surface area contributed by atoms with Crippen molar-refractivity contribution in [2.24, 2.45) is 0 Å². The topological polar surface area (TPSA) is 77.2 Å². The molecule has 2 heterocycles. The number of ether oxygens (including phenoxy) is 1. The molecule has 3 aromatic rings. The van der Waals surface area contributed by atoms with Gasteiger partial charge in [-0.15, -0.1) is 11.3 Å². The average Bonchev–Trinajstić information content (AvgIpc) is 3.26. The molecule has 0 radical (unpaired) electrons. The highest BCUT2D eigenvalue weighted by atomic mass is 35.5. The fourth-order valence-electron chi connectivity index (χ4n) is 3.50. The van der Waals surface area contributed by atoms with E-state index in [1.165, 1.54) is 24.3 Å². The first-order valence-electron chi connectivity index (χ1n) is 9.91. The van der Waals surface area contributed by atoms with E-state index in [4.69, 9.17) is 20.9 Å². The molecular weight excluding hydrogens is 429 g/mol. The molecule has 1 saturated carbocycles. The molecular formula is C21H23ClFN3O3S. The Labute approximate surface area is 182 Å². The van der Waals surface area contributed by atoms with Crippen molar-refractivity contribution in [1.82, 2.24) is 15.5 Å². The molecule has 1 aliphatic carbocycles. The van der Waals surface area contributed by atoms with E-state index < -0.39 is 5.82 Å². The quantitative estimate of drug-likeness (QED) is 0.518. The molecule has 0 unspecified atom stereocenters. The molecule has 6 nitrogen and oxygen atoms in total. The number of halogens is 2. The van der Waals surface area contributed by atoms with E-state index in [-0.39, 0.29) is 40.7 Å². The van der Waals surface area contributed by atoms with Gasteiger partial charge in [0.15, 0.2) is 17.3 Å². The third-order valence-corrected chi connectivity index (χ3v) is 7.10. The Bertz CT molecular complexity index is 1090. The number of aromatic nitrogens is 2. The minimum atomic E-state index is -0.496. The van der Waals surface area contributed by atoms with Gasteiger partial charge in [0.2, 0.25) is 5.91 Å². The largest absolute Gasteiger partial charge is 0.486 e. The number of thiazole rings is 1. The van der Waals surface area contributed by atoms with Gasteiger partial charge in [0.1, 0.15) is 11.1 Å². The first-order chi connectivity index (χ1) is 14.2. The highest BCUT2D eigenvalue weighted by Crippen LogP contribution is 2.44. The second kappa shape index (κ2) is 8.15. The maximum atomic E-state index is 14.6. The summed E-state index contributed by atoms with van der Waals surface area (Å²) in [4.78, 5) is 15.7. The Morgan fingerprint density at radius 2 is 2.10 bits per heavy atom. The number of carbonyl (C=O) groups is 1. The third-order valence-electron chi connectivity index (χ3n) is 5.23. The molecule has 2 aromatic heterocycles. The Hall–Kier alpha value is -2.19. The van der Waals surface area contributed by atoms with E-state index >= 15 is 0 Å². The molecule has 9 heteroatoms. The van der Waals surface area contributed by atoms with Gasteiger partial charge in [0.05, 0.1) is 27.0 Å². The molecule has 1 N–H and O–H groups in total. The minimum Gasteiger partial charge on any atom is -0.486 e. The summed E-state index contributed by atoms with van der Waals surface area (Å²) in [5.74, 6) is 0.485. The van der Waals surface area contributed by atoms with Crippen molar-refractivity contribution in [3.63, 3.8) is 0 Å². The normalized spacial score (nSPS) is 19.7. The van der Waals surface area contributed by atoms with Crippen LogP contribution in [-0.4, -0.2) is 22.2 Å². The summed E-state index contributed by atoms with van der Waals surface area (Å²) in [5.41, 5.74) is 1.38. The zero-order valence-corrected chi connectivity index (χ0v) is 18.7. The Balaban J connectivity index is 1.43. The van der Waals surface area contributed by atoms with Crippen molar-refractivity contribution < 1.29 is 18.4 Å². The lowest BCUT2D eigenvalue weighted by Gasteiger charge is -2.34. The number of rotatable bonds is 6. The van der Waals surface area contributed by atoms with Crippen LogP contribution in [0.4, 0.5) is 4.39 Å². The minimum absolute atomic E-state index is 0.0895. The average molecular weight is 452 g/mol. The second-order valence-electron chi connectivity index (χ2n) is 8.04.